The van der Waals surface area contributed by atoms with Gasteiger partial charge >= 0.3 is 0 Å². The van der Waals surface area contributed by atoms with Crippen molar-refractivity contribution >= 4 is 38.6 Å². The number of allylic oxidation sites excluding steroid dienone is 2. The van der Waals surface area contributed by atoms with Crippen molar-refractivity contribution in [3.05, 3.63) is 39.3 Å². The number of imidazole rings is 1. The van der Waals surface area contributed by atoms with Crippen LogP contribution in [0.2, 0.25) is 0 Å². The van der Waals surface area contributed by atoms with E-state index < -0.39 is 0 Å². The third kappa shape index (κ3) is 3.07. The predicted octanol–water partition coefficient (Wildman–Crippen LogP) is 3.55. The molecule has 1 atom stereocenters. The Morgan fingerprint density at radius 2 is 2.07 bits per heavy atom. The standard InChI is InChI=1S/C19H24BrN7O/c1-4-6-7-9-26-16-14(21-18(20)22-16)17(28)27-15(23-24-19(26)27)13-11-12(5-2)8-10-25(13)3/h8,10-12H,4-7,9H2,1-3H3,(H,21,22). The number of aromatic nitrogens is 6. The fourth-order valence-corrected chi connectivity index (χ4v) is 3.96. The monoisotopic (exact) mass is 445 g/mol. The molecule has 0 fully saturated rings. The van der Waals surface area contributed by atoms with Crippen LogP contribution in [-0.4, -0.2) is 41.1 Å². The van der Waals surface area contributed by atoms with Crippen LogP contribution in [0.25, 0.3) is 22.6 Å². The normalized spacial score (nSPS) is 17.1. The molecular formula is C19H24BrN7O. The summed E-state index contributed by atoms with van der Waals surface area (Å²) < 4.78 is 4.13. The van der Waals surface area contributed by atoms with Gasteiger partial charge in [-0.2, -0.15) is 0 Å². The van der Waals surface area contributed by atoms with E-state index in [4.69, 9.17) is 0 Å². The first kappa shape index (κ1) is 18.9. The molecule has 0 radical (unpaired) electrons. The van der Waals surface area contributed by atoms with Gasteiger partial charge in [0, 0.05) is 19.8 Å². The van der Waals surface area contributed by atoms with Crippen molar-refractivity contribution in [2.24, 2.45) is 5.92 Å². The molecule has 4 rings (SSSR count). The second-order valence-corrected chi connectivity index (χ2v) is 7.88. The fourth-order valence-electron chi connectivity index (χ4n) is 3.60. The van der Waals surface area contributed by atoms with Gasteiger partial charge in [0.25, 0.3) is 5.56 Å². The Balaban J connectivity index is 1.96. The quantitative estimate of drug-likeness (QED) is 0.463. The number of hydrogen-bond acceptors (Lipinski definition) is 5. The molecule has 1 aliphatic heterocycles. The summed E-state index contributed by atoms with van der Waals surface area (Å²) in [6.45, 7) is 5.04. The van der Waals surface area contributed by atoms with Gasteiger partial charge in [-0.25, -0.2) is 9.38 Å². The first-order valence-corrected chi connectivity index (χ1v) is 10.5. The molecule has 28 heavy (non-hydrogen) atoms. The van der Waals surface area contributed by atoms with Crippen LogP contribution >= 0.6 is 15.9 Å². The lowest BCUT2D eigenvalue weighted by Gasteiger charge is -2.23. The SMILES string of the molecule is CCCCCn1c2nc(Br)[nH]c2c(=O)n2c(C3=CC(CC)C=CN3C)nnc12. The fraction of sp³-hybridized carbons (Fsp3) is 0.474. The topological polar surface area (TPSA) is 84.1 Å². The van der Waals surface area contributed by atoms with E-state index in [-0.39, 0.29) is 5.56 Å². The Hall–Kier alpha value is -2.42. The molecular weight excluding hydrogens is 422 g/mol. The predicted molar refractivity (Wildman–Crippen MR) is 113 cm³/mol. The number of aryl methyl sites for hydroxylation is 1. The molecule has 0 saturated carbocycles. The minimum atomic E-state index is -0.188. The van der Waals surface area contributed by atoms with Gasteiger partial charge in [0.2, 0.25) is 5.78 Å². The van der Waals surface area contributed by atoms with E-state index in [0.29, 0.717) is 33.4 Å². The Morgan fingerprint density at radius 3 is 2.82 bits per heavy atom. The summed E-state index contributed by atoms with van der Waals surface area (Å²) in [5.41, 5.74) is 1.76. The van der Waals surface area contributed by atoms with Gasteiger partial charge in [-0.1, -0.05) is 32.8 Å². The van der Waals surface area contributed by atoms with Crippen LogP contribution in [0.3, 0.4) is 0 Å². The number of fused-ring (bicyclic) bond motifs is 2. The van der Waals surface area contributed by atoms with E-state index in [1.54, 1.807) is 4.40 Å². The Labute approximate surface area is 171 Å². The van der Waals surface area contributed by atoms with Gasteiger partial charge in [0.05, 0.1) is 5.70 Å². The summed E-state index contributed by atoms with van der Waals surface area (Å²) in [4.78, 5) is 22.8. The van der Waals surface area contributed by atoms with Crippen molar-refractivity contribution in [2.45, 2.75) is 46.1 Å². The Bertz CT molecular complexity index is 1140. The number of rotatable bonds is 6. The molecule has 1 unspecified atom stereocenters. The number of unbranched alkanes of at least 4 members (excludes halogenated alkanes) is 2. The van der Waals surface area contributed by atoms with E-state index in [9.17, 15) is 4.79 Å². The highest BCUT2D eigenvalue weighted by Gasteiger charge is 2.24. The third-order valence-corrected chi connectivity index (χ3v) is 5.59. The molecule has 8 nitrogen and oxygen atoms in total. The molecule has 0 aliphatic carbocycles. The second kappa shape index (κ2) is 7.54. The molecule has 3 aromatic heterocycles. The average Bonchev–Trinajstić information content (AvgIpc) is 3.29. The van der Waals surface area contributed by atoms with Gasteiger partial charge in [-0.15, -0.1) is 10.2 Å². The van der Waals surface area contributed by atoms with Crippen molar-refractivity contribution in [3.63, 3.8) is 0 Å². The van der Waals surface area contributed by atoms with Crippen molar-refractivity contribution in [3.8, 4) is 0 Å². The first-order valence-electron chi connectivity index (χ1n) is 9.71. The minimum absolute atomic E-state index is 0.188. The number of nitrogens with one attached hydrogen (secondary N) is 1. The molecule has 0 amide bonds. The number of halogens is 1. The van der Waals surface area contributed by atoms with Crippen LogP contribution in [-0.2, 0) is 6.54 Å². The molecule has 1 aliphatic rings. The summed E-state index contributed by atoms with van der Waals surface area (Å²) >= 11 is 3.36. The molecule has 0 spiro atoms. The van der Waals surface area contributed by atoms with Crippen molar-refractivity contribution in [1.29, 1.82) is 0 Å². The van der Waals surface area contributed by atoms with E-state index in [1.165, 1.54) is 0 Å². The number of H-pyrrole nitrogens is 1. The van der Waals surface area contributed by atoms with Crippen LogP contribution in [0.15, 0.2) is 27.9 Å². The summed E-state index contributed by atoms with van der Waals surface area (Å²) in [6.07, 6.45) is 10.5. The number of hydrogen-bond donors (Lipinski definition) is 1. The highest BCUT2D eigenvalue weighted by atomic mass is 79.9. The summed E-state index contributed by atoms with van der Waals surface area (Å²) in [5.74, 6) is 1.40. The van der Waals surface area contributed by atoms with Crippen LogP contribution < -0.4 is 5.56 Å². The van der Waals surface area contributed by atoms with E-state index in [1.807, 2.05) is 22.7 Å². The van der Waals surface area contributed by atoms with Crippen LogP contribution in [0.4, 0.5) is 0 Å². The zero-order valence-electron chi connectivity index (χ0n) is 16.3. The van der Waals surface area contributed by atoms with E-state index in [2.05, 4.69) is 62.1 Å². The highest BCUT2D eigenvalue weighted by molar-refractivity contribution is 9.10. The average molecular weight is 446 g/mol. The number of aromatic amines is 1. The van der Waals surface area contributed by atoms with Crippen molar-refractivity contribution in [1.82, 2.24) is 34.0 Å². The van der Waals surface area contributed by atoms with E-state index in [0.717, 1.165) is 37.9 Å². The van der Waals surface area contributed by atoms with Crippen LogP contribution in [0.1, 0.15) is 45.4 Å². The maximum Gasteiger partial charge on any atom is 0.286 e. The maximum atomic E-state index is 13.3. The lowest BCUT2D eigenvalue weighted by molar-refractivity contribution is 0.598. The Kier molecular flexibility index (Phi) is 5.09. The molecule has 148 valence electrons. The lowest BCUT2D eigenvalue weighted by atomic mass is 10.0. The van der Waals surface area contributed by atoms with Gasteiger partial charge < -0.3 is 9.88 Å². The summed E-state index contributed by atoms with van der Waals surface area (Å²) in [7, 11) is 1.96. The van der Waals surface area contributed by atoms with Crippen LogP contribution in [0.5, 0.6) is 0 Å². The first-order chi connectivity index (χ1) is 13.5. The van der Waals surface area contributed by atoms with Gasteiger partial charge in [0.1, 0.15) is 0 Å². The van der Waals surface area contributed by atoms with Crippen molar-refractivity contribution < 1.29 is 0 Å². The Morgan fingerprint density at radius 1 is 1.25 bits per heavy atom. The smallest absolute Gasteiger partial charge is 0.286 e. The molecule has 3 aromatic rings. The molecule has 0 saturated heterocycles. The lowest BCUT2D eigenvalue weighted by Crippen LogP contribution is -2.24. The van der Waals surface area contributed by atoms with Gasteiger partial charge in [-0.05, 0) is 40.8 Å². The maximum absolute atomic E-state index is 13.3. The van der Waals surface area contributed by atoms with Crippen molar-refractivity contribution in [2.75, 3.05) is 7.05 Å². The molecule has 9 heteroatoms. The zero-order valence-corrected chi connectivity index (χ0v) is 17.9. The molecule has 1 N–H and O–H groups in total. The molecule has 0 aromatic carbocycles. The third-order valence-electron chi connectivity index (χ3n) is 5.21. The van der Waals surface area contributed by atoms with Gasteiger partial charge in [0.15, 0.2) is 21.7 Å². The molecule has 4 heterocycles. The summed E-state index contributed by atoms with van der Waals surface area (Å²) in [5, 5.41) is 8.80. The minimum Gasteiger partial charge on any atom is -0.349 e. The van der Waals surface area contributed by atoms with Gasteiger partial charge in [-0.3, -0.25) is 9.36 Å². The second-order valence-electron chi connectivity index (χ2n) is 7.13. The number of nitrogens with zero attached hydrogens (tertiary/aromatic N) is 6. The van der Waals surface area contributed by atoms with Crippen LogP contribution in [0, 0.1) is 5.92 Å². The summed E-state index contributed by atoms with van der Waals surface area (Å²) in [6, 6.07) is 0. The molecule has 0 bridgehead atoms. The van der Waals surface area contributed by atoms with E-state index >= 15 is 0 Å². The highest BCUT2D eigenvalue weighted by Crippen LogP contribution is 2.26. The zero-order chi connectivity index (χ0) is 19.8. The largest absolute Gasteiger partial charge is 0.349 e.